The van der Waals surface area contributed by atoms with E-state index in [1.165, 1.54) is 0 Å². The fourth-order valence-electron chi connectivity index (χ4n) is 2.23. The molecule has 1 aliphatic rings. The van der Waals surface area contributed by atoms with Gasteiger partial charge in [-0.15, -0.1) is 0 Å². The van der Waals surface area contributed by atoms with Gasteiger partial charge in [-0.3, -0.25) is 4.79 Å². The van der Waals surface area contributed by atoms with Crippen LogP contribution in [0.3, 0.4) is 0 Å². The maximum absolute atomic E-state index is 12.2. The van der Waals surface area contributed by atoms with Crippen LogP contribution in [0.2, 0.25) is 0 Å². The van der Waals surface area contributed by atoms with E-state index in [0.29, 0.717) is 12.5 Å². The Balaban J connectivity index is 2.27. The molecule has 0 unspecified atom stereocenters. The van der Waals surface area contributed by atoms with Crippen LogP contribution in [0.4, 0.5) is 0 Å². The predicted octanol–water partition coefficient (Wildman–Crippen LogP) is 0.927. The lowest BCUT2D eigenvalue weighted by Crippen LogP contribution is -2.52. The maximum Gasteiger partial charge on any atom is 0.270 e. The van der Waals surface area contributed by atoms with Crippen LogP contribution in [0.15, 0.2) is 18.3 Å². The molecule has 0 aliphatic carbocycles. The van der Waals surface area contributed by atoms with E-state index < -0.39 is 0 Å². The first kappa shape index (κ1) is 11.2. The number of hydrogen-bond acceptors (Lipinski definition) is 2. The fourth-order valence-corrected chi connectivity index (χ4v) is 2.23. The van der Waals surface area contributed by atoms with Gasteiger partial charge in [0.15, 0.2) is 0 Å². The van der Waals surface area contributed by atoms with E-state index in [2.05, 4.69) is 13.8 Å². The van der Waals surface area contributed by atoms with Gasteiger partial charge < -0.3 is 15.2 Å². The van der Waals surface area contributed by atoms with Crippen molar-refractivity contribution in [1.29, 1.82) is 0 Å². The molecule has 4 heteroatoms. The van der Waals surface area contributed by atoms with E-state index in [-0.39, 0.29) is 11.9 Å². The van der Waals surface area contributed by atoms with Crippen LogP contribution in [0.1, 0.15) is 24.3 Å². The minimum absolute atomic E-state index is 0.111. The largest absolute Gasteiger partial charge is 0.341 e. The second-order valence-electron chi connectivity index (χ2n) is 4.79. The first-order chi connectivity index (χ1) is 7.63. The summed E-state index contributed by atoms with van der Waals surface area (Å²) in [6.07, 6.45) is 1.95. The number of aromatic nitrogens is 1. The van der Waals surface area contributed by atoms with Crippen LogP contribution in [-0.4, -0.2) is 34.5 Å². The zero-order valence-corrected chi connectivity index (χ0v) is 9.89. The van der Waals surface area contributed by atoms with Gasteiger partial charge in [0, 0.05) is 25.8 Å². The summed E-state index contributed by atoms with van der Waals surface area (Å²) in [7, 11) is 0. The van der Waals surface area contributed by atoms with Gasteiger partial charge in [0.25, 0.3) is 5.91 Å². The molecule has 2 heterocycles. The third-order valence-electron chi connectivity index (χ3n) is 2.99. The average Bonchev–Trinajstić information content (AvgIpc) is 2.69. The highest BCUT2D eigenvalue weighted by Gasteiger charge is 2.31. The summed E-state index contributed by atoms with van der Waals surface area (Å²) in [6, 6.07) is 3.93. The van der Waals surface area contributed by atoms with Crippen LogP contribution < -0.4 is 5.73 Å². The molecular weight excluding hydrogens is 202 g/mol. The molecule has 0 aromatic carbocycles. The number of rotatable bonds is 3. The van der Waals surface area contributed by atoms with E-state index in [1.807, 2.05) is 27.8 Å². The van der Waals surface area contributed by atoms with Crippen LogP contribution in [0.25, 0.3) is 0 Å². The van der Waals surface area contributed by atoms with Gasteiger partial charge in [0.2, 0.25) is 0 Å². The average molecular weight is 221 g/mol. The Morgan fingerprint density at radius 2 is 2.31 bits per heavy atom. The Hall–Kier alpha value is -1.29. The molecule has 0 radical (unpaired) electrons. The maximum atomic E-state index is 12.2. The van der Waals surface area contributed by atoms with E-state index >= 15 is 0 Å². The van der Waals surface area contributed by atoms with Crippen LogP contribution in [0, 0.1) is 5.92 Å². The Kier molecular flexibility index (Phi) is 3.01. The molecule has 16 heavy (non-hydrogen) atoms. The lowest BCUT2D eigenvalue weighted by molar-refractivity contribution is 0.0573. The Morgan fingerprint density at radius 3 is 2.94 bits per heavy atom. The molecule has 1 aromatic rings. The van der Waals surface area contributed by atoms with Gasteiger partial charge in [-0.25, -0.2) is 0 Å². The first-order valence-electron chi connectivity index (χ1n) is 5.79. The highest BCUT2D eigenvalue weighted by atomic mass is 16.2. The lowest BCUT2D eigenvalue weighted by Gasteiger charge is -2.37. The van der Waals surface area contributed by atoms with Crippen molar-refractivity contribution in [2.24, 2.45) is 11.7 Å². The first-order valence-corrected chi connectivity index (χ1v) is 5.79. The molecule has 88 valence electrons. The monoisotopic (exact) mass is 221 g/mol. The summed E-state index contributed by atoms with van der Waals surface area (Å²) in [5.41, 5.74) is 6.53. The summed E-state index contributed by atoms with van der Waals surface area (Å²) >= 11 is 0. The van der Waals surface area contributed by atoms with E-state index in [4.69, 9.17) is 5.73 Å². The lowest BCUT2D eigenvalue weighted by atomic mass is 10.1. The van der Waals surface area contributed by atoms with Gasteiger partial charge in [-0.05, 0) is 18.1 Å². The summed E-state index contributed by atoms with van der Waals surface area (Å²) in [5, 5.41) is 0. The second-order valence-corrected chi connectivity index (χ2v) is 4.79. The van der Waals surface area contributed by atoms with Crippen LogP contribution in [-0.2, 0) is 6.54 Å². The summed E-state index contributed by atoms with van der Waals surface area (Å²) in [4.78, 5) is 14.1. The summed E-state index contributed by atoms with van der Waals surface area (Å²) < 4.78 is 2.00. The van der Waals surface area contributed by atoms with E-state index in [0.717, 1.165) is 18.8 Å². The van der Waals surface area contributed by atoms with Crippen molar-refractivity contribution < 1.29 is 4.79 Å². The molecule has 1 aromatic heterocycles. The fraction of sp³-hybridized carbons (Fsp3) is 0.583. The number of fused-ring (bicyclic) bond motifs is 1. The molecule has 4 nitrogen and oxygen atoms in total. The van der Waals surface area contributed by atoms with Gasteiger partial charge in [-0.1, -0.05) is 13.8 Å². The van der Waals surface area contributed by atoms with Gasteiger partial charge in [0.1, 0.15) is 5.69 Å². The molecule has 1 aliphatic heterocycles. The number of hydrogen-bond donors (Lipinski definition) is 1. The van der Waals surface area contributed by atoms with Crippen molar-refractivity contribution in [3.05, 3.63) is 24.0 Å². The van der Waals surface area contributed by atoms with Crippen molar-refractivity contribution in [2.45, 2.75) is 26.4 Å². The molecule has 0 fully saturated rings. The quantitative estimate of drug-likeness (QED) is 0.825. The summed E-state index contributed by atoms with van der Waals surface area (Å²) in [5.74, 6) is 0.583. The molecule has 0 saturated carbocycles. The normalized spacial score (nSPS) is 20.4. The van der Waals surface area contributed by atoms with Crippen LogP contribution in [0.5, 0.6) is 0 Å². The minimum Gasteiger partial charge on any atom is -0.341 e. The zero-order chi connectivity index (χ0) is 11.7. The van der Waals surface area contributed by atoms with Crippen molar-refractivity contribution in [3.63, 3.8) is 0 Å². The molecular formula is C12H19N3O. The van der Waals surface area contributed by atoms with Crippen LogP contribution >= 0.6 is 0 Å². The Bertz CT molecular complexity index is 383. The van der Waals surface area contributed by atoms with Gasteiger partial charge in [-0.2, -0.15) is 0 Å². The number of nitrogens with zero attached hydrogens (tertiary/aromatic N) is 2. The SMILES string of the molecule is CC(C)CN1C(=O)c2cccn2C[C@@H]1CN. The van der Waals surface area contributed by atoms with Crippen molar-refractivity contribution in [2.75, 3.05) is 13.1 Å². The molecule has 0 spiro atoms. The number of carbonyl (C=O) groups excluding carboxylic acids is 1. The third kappa shape index (κ3) is 1.85. The minimum atomic E-state index is 0.111. The summed E-state index contributed by atoms with van der Waals surface area (Å²) in [6.45, 7) is 6.36. The van der Waals surface area contributed by atoms with E-state index in [9.17, 15) is 4.79 Å². The number of carbonyl (C=O) groups is 1. The Labute approximate surface area is 96.0 Å². The molecule has 0 saturated heterocycles. The van der Waals surface area contributed by atoms with Crippen molar-refractivity contribution in [3.8, 4) is 0 Å². The standard InChI is InChI=1S/C12H19N3O/c1-9(2)7-15-10(6-13)8-14-5-3-4-11(14)12(15)16/h3-5,9-10H,6-8,13H2,1-2H3/t10-/m0/s1. The van der Waals surface area contributed by atoms with Crippen molar-refractivity contribution >= 4 is 5.91 Å². The van der Waals surface area contributed by atoms with Gasteiger partial charge >= 0.3 is 0 Å². The highest BCUT2D eigenvalue weighted by Crippen LogP contribution is 2.19. The highest BCUT2D eigenvalue weighted by molar-refractivity contribution is 5.93. The van der Waals surface area contributed by atoms with E-state index in [1.54, 1.807) is 0 Å². The second kappa shape index (κ2) is 4.29. The topological polar surface area (TPSA) is 51.3 Å². The molecule has 2 N–H and O–H groups in total. The predicted molar refractivity (Wildman–Crippen MR) is 63.1 cm³/mol. The zero-order valence-electron chi connectivity index (χ0n) is 9.89. The molecule has 0 bridgehead atoms. The Morgan fingerprint density at radius 1 is 1.56 bits per heavy atom. The molecule has 1 atom stereocenters. The third-order valence-corrected chi connectivity index (χ3v) is 2.99. The smallest absolute Gasteiger partial charge is 0.270 e. The molecule has 1 amide bonds. The molecule has 2 rings (SSSR count). The number of nitrogens with two attached hydrogens (primary N) is 1. The van der Waals surface area contributed by atoms with Gasteiger partial charge in [0.05, 0.1) is 6.04 Å². The van der Waals surface area contributed by atoms with Crippen molar-refractivity contribution in [1.82, 2.24) is 9.47 Å². The number of amides is 1.